The lowest BCUT2D eigenvalue weighted by Gasteiger charge is -2.28. The first kappa shape index (κ1) is 12.9. The number of hydrogen-bond acceptors (Lipinski definition) is 4. The molecule has 1 N–H and O–H groups in total. The zero-order valence-corrected chi connectivity index (χ0v) is 10.3. The number of aliphatic hydroxyl groups is 1. The standard InChI is InChI=1S/C10H21NO3S/c1-9(2)7-10(12)8-11-3-5-15(13,14)6-4-11/h9-10,12H,3-8H2,1-2H3. The average molecular weight is 235 g/mol. The van der Waals surface area contributed by atoms with Crippen LogP contribution in [0.25, 0.3) is 0 Å². The van der Waals surface area contributed by atoms with E-state index in [1.807, 2.05) is 4.90 Å². The van der Waals surface area contributed by atoms with Gasteiger partial charge in [-0.3, -0.25) is 4.90 Å². The molecule has 0 spiro atoms. The minimum atomic E-state index is -2.80. The lowest BCUT2D eigenvalue weighted by Crippen LogP contribution is -2.43. The molecule has 0 aliphatic carbocycles. The second-order valence-electron chi connectivity index (χ2n) is 4.74. The zero-order valence-electron chi connectivity index (χ0n) is 9.52. The van der Waals surface area contributed by atoms with E-state index in [4.69, 9.17) is 0 Å². The number of rotatable bonds is 4. The van der Waals surface area contributed by atoms with Gasteiger partial charge < -0.3 is 5.11 Å². The smallest absolute Gasteiger partial charge is 0.152 e. The topological polar surface area (TPSA) is 57.6 Å². The molecule has 1 aliphatic rings. The number of aliphatic hydroxyl groups excluding tert-OH is 1. The molecule has 0 aromatic heterocycles. The van der Waals surface area contributed by atoms with Crippen LogP contribution in [0.4, 0.5) is 0 Å². The van der Waals surface area contributed by atoms with Gasteiger partial charge in [0.25, 0.3) is 0 Å². The minimum Gasteiger partial charge on any atom is -0.392 e. The van der Waals surface area contributed by atoms with E-state index in [-0.39, 0.29) is 17.6 Å². The molecule has 4 nitrogen and oxygen atoms in total. The summed E-state index contributed by atoms with van der Waals surface area (Å²) in [4.78, 5) is 2.04. The van der Waals surface area contributed by atoms with Crippen LogP contribution in [0.15, 0.2) is 0 Å². The van der Waals surface area contributed by atoms with E-state index in [1.54, 1.807) is 0 Å². The number of nitrogens with zero attached hydrogens (tertiary/aromatic N) is 1. The zero-order chi connectivity index (χ0) is 11.5. The Morgan fingerprint density at radius 1 is 1.27 bits per heavy atom. The maximum atomic E-state index is 11.2. The Morgan fingerprint density at radius 3 is 2.27 bits per heavy atom. The second-order valence-corrected chi connectivity index (χ2v) is 7.04. The van der Waals surface area contributed by atoms with Gasteiger partial charge in [-0.1, -0.05) is 13.8 Å². The van der Waals surface area contributed by atoms with Gasteiger partial charge in [0.15, 0.2) is 9.84 Å². The van der Waals surface area contributed by atoms with Gasteiger partial charge in [0.1, 0.15) is 0 Å². The fraction of sp³-hybridized carbons (Fsp3) is 1.00. The molecule has 0 bridgehead atoms. The summed E-state index contributed by atoms with van der Waals surface area (Å²) in [5.74, 6) is 0.955. The molecule has 1 heterocycles. The van der Waals surface area contributed by atoms with Crippen LogP contribution in [-0.2, 0) is 9.84 Å². The third-order valence-corrected chi connectivity index (χ3v) is 4.26. The summed E-state index contributed by atoms with van der Waals surface area (Å²) in [6.07, 6.45) is 0.453. The number of hydrogen-bond donors (Lipinski definition) is 1. The molecule has 1 rings (SSSR count). The fourth-order valence-corrected chi connectivity index (χ4v) is 3.13. The summed E-state index contributed by atoms with van der Waals surface area (Å²) in [5, 5.41) is 9.71. The molecular weight excluding hydrogens is 214 g/mol. The molecule has 0 saturated carbocycles. The quantitative estimate of drug-likeness (QED) is 0.752. The first-order valence-corrected chi connectivity index (χ1v) is 7.32. The van der Waals surface area contributed by atoms with Gasteiger partial charge >= 0.3 is 0 Å². The van der Waals surface area contributed by atoms with Crippen LogP contribution in [0.5, 0.6) is 0 Å². The Labute approximate surface area is 92.2 Å². The third-order valence-electron chi connectivity index (χ3n) is 2.65. The maximum absolute atomic E-state index is 11.2. The normalized spacial score (nSPS) is 24.3. The fourth-order valence-electron chi connectivity index (χ4n) is 1.85. The van der Waals surface area contributed by atoms with Crippen molar-refractivity contribution in [2.45, 2.75) is 26.4 Å². The largest absolute Gasteiger partial charge is 0.392 e. The van der Waals surface area contributed by atoms with E-state index in [2.05, 4.69) is 13.8 Å². The first-order valence-electron chi connectivity index (χ1n) is 5.50. The van der Waals surface area contributed by atoms with Gasteiger partial charge in [0.05, 0.1) is 17.6 Å². The molecule has 0 aromatic carbocycles. The molecule has 90 valence electrons. The molecule has 1 fully saturated rings. The summed E-state index contributed by atoms with van der Waals surface area (Å²) in [7, 11) is -2.80. The average Bonchev–Trinajstić information content (AvgIpc) is 2.07. The van der Waals surface area contributed by atoms with Crippen LogP contribution in [0, 0.1) is 5.92 Å². The molecular formula is C10H21NO3S. The molecule has 0 aromatic rings. The van der Waals surface area contributed by atoms with Crippen LogP contribution < -0.4 is 0 Å². The van der Waals surface area contributed by atoms with E-state index in [0.29, 0.717) is 25.6 Å². The van der Waals surface area contributed by atoms with Crippen molar-refractivity contribution >= 4 is 9.84 Å². The third kappa shape index (κ3) is 4.95. The summed E-state index contributed by atoms with van der Waals surface area (Å²) < 4.78 is 22.3. The molecule has 0 radical (unpaired) electrons. The predicted octanol–water partition coefficient (Wildman–Crippen LogP) is 0.124. The van der Waals surface area contributed by atoms with Crippen molar-refractivity contribution in [3.05, 3.63) is 0 Å². The molecule has 1 saturated heterocycles. The van der Waals surface area contributed by atoms with Crippen LogP contribution in [-0.4, -0.2) is 55.7 Å². The van der Waals surface area contributed by atoms with E-state index in [0.717, 1.165) is 6.42 Å². The van der Waals surface area contributed by atoms with E-state index in [1.165, 1.54) is 0 Å². The highest BCUT2D eigenvalue weighted by atomic mass is 32.2. The highest BCUT2D eigenvalue weighted by Gasteiger charge is 2.23. The van der Waals surface area contributed by atoms with E-state index >= 15 is 0 Å². The first-order chi connectivity index (χ1) is 6.89. The van der Waals surface area contributed by atoms with Crippen LogP contribution >= 0.6 is 0 Å². The molecule has 15 heavy (non-hydrogen) atoms. The molecule has 0 amide bonds. The Morgan fingerprint density at radius 2 is 1.80 bits per heavy atom. The van der Waals surface area contributed by atoms with Crippen molar-refractivity contribution in [3.8, 4) is 0 Å². The Balaban J connectivity index is 2.29. The van der Waals surface area contributed by atoms with Crippen molar-refractivity contribution in [3.63, 3.8) is 0 Å². The molecule has 1 unspecified atom stereocenters. The number of sulfone groups is 1. The maximum Gasteiger partial charge on any atom is 0.152 e. The monoisotopic (exact) mass is 235 g/mol. The Hall–Kier alpha value is -0.130. The Kier molecular flexibility index (Phi) is 4.55. The van der Waals surface area contributed by atoms with Crippen molar-refractivity contribution in [2.75, 3.05) is 31.1 Å². The van der Waals surface area contributed by atoms with Gasteiger partial charge in [0.2, 0.25) is 0 Å². The van der Waals surface area contributed by atoms with E-state index in [9.17, 15) is 13.5 Å². The van der Waals surface area contributed by atoms with E-state index < -0.39 is 9.84 Å². The summed E-state index contributed by atoms with van der Waals surface area (Å²) in [5.41, 5.74) is 0. The van der Waals surface area contributed by atoms with Crippen LogP contribution in [0.1, 0.15) is 20.3 Å². The molecule has 1 aliphatic heterocycles. The van der Waals surface area contributed by atoms with Crippen LogP contribution in [0.3, 0.4) is 0 Å². The minimum absolute atomic E-state index is 0.237. The molecule has 1 atom stereocenters. The highest BCUT2D eigenvalue weighted by molar-refractivity contribution is 7.91. The van der Waals surface area contributed by atoms with Gasteiger partial charge in [-0.05, 0) is 12.3 Å². The predicted molar refractivity (Wildman–Crippen MR) is 60.6 cm³/mol. The SMILES string of the molecule is CC(C)CC(O)CN1CCS(=O)(=O)CC1. The second kappa shape index (κ2) is 5.27. The van der Waals surface area contributed by atoms with Crippen molar-refractivity contribution < 1.29 is 13.5 Å². The summed E-state index contributed by atoms with van der Waals surface area (Å²) in [6, 6.07) is 0. The van der Waals surface area contributed by atoms with Gasteiger partial charge in [-0.15, -0.1) is 0 Å². The van der Waals surface area contributed by atoms with Crippen molar-refractivity contribution in [1.29, 1.82) is 0 Å². The van der Waals surface area contributed by atoms with Crippen molar-refractivity contribution in [1.82, 2.24) is 4.90 Å². The van der Waals surface area contributed by atoms with Crippen LogP contribution in [0.2, 0.25) is 0 Å². The van der Waals surface area contributed by atoms with Gasteiger partial charge in [-0.25, -0.2) is 8.42 Å². The number of β-amino-alcohol motifs (C(OH)–C–C–N with tert-alkyl or cyclic N) is 1. The lowest BCUT2D eigenvalue weighted by molar-refractivity contribution is 0.0986. The van der Waals surface area contributed by atoms with Crippen molar-refractivity contribution in [2.24, 2.45) is 5.92 Å². The van der Waals surface area contributed by atoms with Gasteiger partial charge in [-0.2, -0.15) is 0 Å². The summed E-state index contributed by atoms with van der Waals surface area (Å²) >= 11 is 0. The van der Waals surface area contributed by atoms with Gasteiger partial charge in [0, 0.05) is 19.6 Å². The lowest BCUT2D eigenvalue weighted by atomic mass is 10.1. The molecule has 5 heteroatoms. The summed E-state index contributed by atoms with van der Waals surface area (Å²) in [6.45, 7) is 5.89. The Bertz CT molecular complexity index is 273. The highest BCUT2D eigenvalue weighted by Crippen LogP contribution is 2.09.